The summed E-state index contributed by atoms with van der Waals surface area (Å²) in [6.45, 7) is 2.94. The fourth-order valence-electron chi connectivity index (χ4n) is 3.39. The summed E-state index contributed by atoms with van der Waals surface area (Å²) in [6, 6.07) is 10.4. The van der Waals surface area contributed by atoms with Crippen LogP contribution < -0.4 is 9.64 Å². The lowest BCUT2D eigenvalue weighted by molar-refractivity contribution is 0.385. The van der Waals surface area contributed by atoms with Gasteiger partial charge in [0.05, 0.1) is 18.7 Å². The fourth-order valence-corrected chi connectivity index (χ4v) is 3.39. The second-order valence-electron chi connectivity index (χ2n) is 5.93. The Morgan fingerprint density at radius 3 is 2.96 bits per heavy atom. The number of anilines is 1. The van der Waals surface area contributed by atoms with Gasteiger partial charge in [-0.05, 0) is 44.0 Å². The molecule has 118 valence electrons. The molecule has 1 atom stereocenters. The molecule has 5 heteroatoms. The lowest BCUT2D eigenvalue weighted by Gasteiger charge is -2.26. The zero-order chi connectivity index (χ0) is 15.8. The van der Waals surface area contributed by atoms with Crippen molar-refractivity contribution in [3.63, 3.8) is 0 Å². The molecular weight excluding hydrogens is 290 g/mol. The van der Waals surface area contributed by atoms with E-state index in [0.717, 1.165) is 47.5 Å². The van der Waals surface area contributed by atoms with Crippen molar-refractivity contribution in [2.24, 2.45) is 0 Å². The Hall–Kier alpha value is -2.56. The van der Waals surface area contributed by atoms with Crippen LogP contribution in [0.1, 0.15) is 30.3 Å². The quantitative estimate of drug-likeness (QED) is 0.735. The molecule has 1 aliphatic rings. The first-order valence-electron chi connectivity index (χ1n) is 7.89. The van der Waals surface area contributed by atoms with Gasteiger partial charge in [-0.1, -0.05) is 5.16 Å². The second kappa shape index (κ2) is 5.57. The summed E-state index contributed by atoms with van der Waals surface area (Å²) in [7, 11) is 1.69. The minimum Gasteiger partial charge on any atom is -0.497 e. The van der Waals surface area contributed by atoms with Gasteiger partial charge in [0.1, 0.15) is 17.2 Å². The molecule has 0 aliphatic carbocycles. The molecule has 1 aromatic carbocycles. The predicted octanol–water partition coefficient (Wildman–Crippen LogP) is 3.88. The molecular formula is C18H19N3O2. The number of rotatable bonds is 3. The molecule has 0 amide bonds. The third kappa shape index (κ3) is 2.42. The molecule has 0 spiro atoms. The number of benzene rings is 1. The van der Waals surface area contributed by atoms with Crippen molar-refractivity contribution in [1.82, 2.24) is 10.1 Å². The maximum atomic E-state index is 5.38. The summed E-state index contributed by atoms with van der Waals surface area (Å²) in [4.78, 5) is 6.88. The van der Waals surface area contributed by atoms with Crippen LogP contribution in [0.2, 0.25) is 0 Å². The van der Waals surface area contributed by atoms with Gasteiger partial charge >= 0.3 is 0 Å². The van der Waals surface area contributed by atoms with Crippen molar-refractivity contribution in [1.29, 1.82) is 0 Å². The van der Waals surface area contributed by atoms with Gasteiger partial charge in [0.2, 0.25) is 0 Å². The summed E-state index contributed by atoms with van der Waals surface area (Å²) in [6.07, 6.45) is 4.09. The van der Waals surface area contributed by atoms with E-state index in [9.17, 15) is 0 Å². The summed E-state index contributed by atoms with van der Waals surface area (Å²) in [5.74, 6) is 1.70. The monoisotopic (exact) mass is 309 g/mol. The summed E-state index contributed by atoms with van der Waals surface area (Å²) >= 11 is 0. The summed E-state index contributed by atoms with van der Waals surface area (Å²) in [5.41, 5.74) is 3.16. The SMILES string of the molecule is COc1ccc2nccc(N3CCCC3c3cc(C)on3)c2c1. The smallest absolute Gasteiger partial charge is 0.134 e. The van der Waals surface area contributed by atoms with Crippen LogP contribution in [0.5, 0.6) is 5.75 Å². The van der Waals surface area contributed by atoms with Crippen LogP contribution >= 0.6 is 0 Å². The largest absolute Gasteiger partial charge is 0.497 e. The minimum atomic E-state index is 0.254. The Balaban J connectivity index is 1.81. The van der Waals surface area contributed by atoms with Gasteiger partial charge in [-0.15, -0.1) is 0 Å². The second-order valence-corrected chi connectivity index (χ2v) is 5.93. The van der Waals surface area contributed by atoms with Crippen molar-refractivity contribution in [2.45, 2.75) is 25.8 Å². The average molecular weight is 309 g/mol. The van der Waals surface area contributed by atoms with Crippen molar-refractivity contribution in [3.05, 3.63) is 48.0 Å². The van der Waals surface area contributed by atoms with E-state index in [-0.39, 0.29) is 6.04 Å². The van der Waals surface area contributed by atoms with Crippen LogP contribution in [-0.4, -0.2) is 23.8 Å². The van der Waals surface area contributed by atoms with Gasteiger partial charge in [0, 0.05) is 29.9 Å². The summed E-state index contributed by atoms with van der Waals surface area (Å²) in [5, 5.41) is 5.34. The predicted molar refractivity (Wildman–Crippen MR) is 88.9 cm³/mol. The van der Waals surface area contributed by atoms with Crippen LogP contribution in [0.15, 0.2) is 41.1 Å². The van der Waals surface area contributed by atoms with Crippen molar-refractivity contribution in [2.75, 3.05) is 18.6 Å². The third-order valence-corrected chi connectivity index (χ3v) is 4.48. The highest BCUT2D eigenvalue weighted by Gasteiger charge is 2.29. The van der Waals surface area contributed by atoms with Crippen LogP contribution in [0.4, 0.5) is 5.69 Å². The normalized spacial score (nSPS) is 17.8. The molecule has 1 saturated heterocycles. The topological polar surface area (TPSA) is 51.4 Å². The molecule has 1 fully saturated rings. The number of hydrogen-bond acceptors (Lipinski definition) is 5. The van der Waals surface area contributed by atoms with Crippen molar-refractivity contribution >= 4 is 16.6 Å². The number of fused-ring (bicyclic) bond motifs is 1. The zero-order valence-corrected chi connectivity index (χ0v) is 13.3. The molecule has 23 heavy (non-hydrogen) atoms. The Morgan fingerprint density at radius 1 is 1.26 bits per heavy atom. The van der Waals surface area contributed by atoms with Gasteiger partial charge in [0.15, 0.2) is 0 Å². The molecule has 2 aromatic heterocycles. The molecule has 1 unspecified atom stereocenters. The zero-order valence-electron chi connectivity index (χ0n) is 13.3. The molecule has 1 aliphatic heterocycles. The number of nitrogens with zero attached hydrogens (tertiary/aromatic N) is 3. The van der Waals surface area contributed by atoms with E-state index in [1.807, 2.05) is 31.3 Å². The van der Waals surface area contributed by atoms with Gasteiger partial charge in [-0.3, -0.25) is 4.98 Å². The molecule has 0 bridgehead atoms. The number of methoxy groups -OCH3 is 1. The standard InChI is InChI=1S/C18H19N3O2/c1-12-10-16(20-23-12)18-4-3-9-21(18)17-7-8-19-15-6-5-13(22-2)11-14(15)17/h5-8,10-11,18H,3-4,9H2,1-2H3. The minimum absolute atomic E-state index is 0.254. The van der Waals surface area contributed by atoms with Gasteiger partial charge in [-0.2, -0.15) is 0 Å². The first-order valence-corrected chi connectivity index (χ1v) is 7.89. The summed E-state index contributed by atoms with van der Waals surface area (Å²) < 4.78 is 10.7. The van der Waals surface area contributed by atoms with E-state index in [4.69, 9.17) is 9.26 Å². The maximum Gasteiger partial charge on any atom is 0.134 e. The van der Waals surface area contributed by atoms with Crippen LogP contribution in [-0.2, 0) is 0 Å². The molecule has 3 aromatic rings. The third-order valence-electron chi connectivity index (χ3n) is 4.48. The first-order chi connectivity index (χ1) is 11.3. The van der Waals surface area contributed by atoms with Crippen molar-refractivity contribution in [3.8, 4) is 5.75 Å². The Kier molecular flexibility index (Phi) is 3.41. The first kappa shape index (κ1) is 14.1. The fraction of sp³-hybridized carbons (Fsp3) is 0.333. The van der Waals surface area contributed by atoms with E-state index in [2.05, 4.69) is 27.2 Å². The Morgan fingerprint density at radius 2 is 2.17 bits per heavy atom. The lowest BCUT2D eigenvalue weighted by atomic mass is 10.1. The molecule has 0 N–H and O–H groups in total. The average Bonchev–Trinajstić information content (AvgIpc) is 3.22. The molecule has 0 radical (unpaired) electrons. The van der Waals surface area contributed by atoms with Crippen molar-refractivity contribution < 1.29 is 9.26 Å². The van der Waals surface area contributed by atoms with E-state index < -0.39 is 0 Å². The van der Waals surface area contributed by atoms with Crippen LogP contribution in [0.3, 0.4) is 0 Å². The van der Waals surface area contributed by atoms with Crippen LogP contribution in [0.25, 0.3) is 10.9 Å². The molecule has 3 heterocycles. The number of ether oxygens (including phenoxy) is 1. The highest BCUT2D eigenvalue weighted by molar-refractivity contribution is 5.92. The van der Waals surface area contributed by atoms with Gasteiger partial charge in [0.25, 0.3) is 0 Å². The van der Waals surface area contributed by atoms with E-state index in [0.29, 0.717) is 0 Å². The Labute approximate surface area is 134 Å². The van der Waals surface area contributed by atoms with Gasteiger partial charge in [-0.25, -0.2) is 0 Å². The highest BCUT2D eigenvalue weighted by Crippen LogP contribution is 2.39. The van der Waals surface area contributed by atoms with E-state index >= 15 is 0 Å². The Bertz CT molecular complexity index is 843. The maximum absolute atomic E-state index is 5.38. The van der Waals surface area contributed by atoms with Crippen LogP contribution in [0, 0.1) is 6.92 Å². The number of pyridine rings is 1. The van der Waals surface area contributed by atoms with Gasteiger partial charge < -0.3 is 14.2 Å². The number of aryl methyl sites for hydroxylation is 1. The lowest BCUT2D eigenvalue weighted by Crippen LogP contribution is -2.23. The molecule has 0 saturated carbocycles. The highest BCUT2D eigenvalue weighted by atomic mass is 16.5. The molecule has 5 nitrogen and oxygen atoms in total. The van der Waals surface area contributed by atoms with E-state index in [1.165, 1.54) is 5.69 Å². The number of aromatic nitrogens is 2. The van der Waals surface area contributed by atoms with E-state index in [1.54, 1.807) is 7.11 Å². The number of hydrogen-bond donors (Lipinski definition) is 0. The molecule has 4 rings (SSSR count).